The summed E-state index contributed by atoms with van der Waals surface area (Å²) in [5, 5.41) is 3.05. The summed E-state index contributed by atoms with van der Waals surface area (Å²) in [7, 11) is 0. The van der Waals surface area contributed by atoms with E-state index in [-0.39, 0.29) is 17.9 Å². The fourth-order valence-corrected chi connectivity index (χ4v) is 2.65. The van der Waals surface area contributed by atoms with Crippen molar-refractivity contribution in [1.82, 2.24) is 5.32 Å². The van der Waals surface area contributed by atoms with Crippen LogP contribution < -0.4 is 11.1 Å². The molecule has 0 saturated heterocycles. The Kier molecular flexibility index (Phi) is 5.18. The second-order valence-electron chi connectivity index (χ2n) is 6.02. The summed E-state index contributed by atoms with van der Waals surface area (Å²) in [6.45, 7) is 4.87. The lowest BCUT2D eigenvalue weighted by Gasteiger charge is -2.23. The first-order valence-corrected chi connectivity index (χ1v) is 7.71. The highest BCUT2D eigenvalue weighted by Gasteiger charge is 2.30. The predicted molar refractivity (Wildman–Crippen MR) is 82.3 cm³/mol. The number of hydrogen-bond acceptors (Lipinski definition) is 2. The second-order valence-corrected chi connectivity index (χ2v) is 6.02. The zero-order chi connectivity index (χ0) is 14.5. The van der Waals surface area contributed by atoms with Crippen LogP contribution in [-0.2, 0) is 4.79 Å². The Bertz CT molecular complexity index is 428. The van der Waals surface area contributed by atoms with Gasteiger partial charge in [0.25, 0.3) is 0 Å². The molecule has 1 amide bonds. The zero-order valence-corrected chi connectivity index (χ0v) is 12.5. The Morgan fingerprint density at radius 1 is 1.35 bits per heavy atom. The van der Waals surface area contributed by atoms with Crippen LogP contribution in [0.3, 0.4) is 0 Å². The Labute approximate surface area is 121 Å². The molecule has 3 nitrogen and oxygen atoms in total. The van der Waals surface area contributed by atoms with E-state index in [1.54, 1.807) is 0 Å². The monoisotopic (exact) mass is 274 g/mol. The minimum Gasteiger partial charge on any atom is -0.354 e. The van der Waals surface area contributed by atoms with E-state index in [0.29, 0.717) is 18.4 Å². The third-order valence-corrected chi connectivity index (χ3v) is 4.39. The van der Waals surface area contributed by atoms with E-state index in [2.05, 4.69) is 19.2 Å². The van der Waals surface area contributed by atoms with Gasteiger partial charge in [-0.05, 0) is 30.2 Å². The van der Waals surface area contributed by atoms with Crippen molar-refractivity contribution in [2.75, 3.05) is 6.54 Å². The van der Waals surface area contributed by atoms with Crippen molar-refractivity contribution in [3.8, 4) is 0 Å². The molecule has 0 heterocycles. The van der Waals surface area contributed by atoms with Crippen LogP contribution in [0.4, 0.5) is 0 Å². The van der Waals surface area contributed by atoms with Crippen molar-refractivity contribution in [3.05, 3.63) is 35.9 Å². The van der Waals surface area contributed by atoms with Gasteiger partial charge in [0.15, 0.2) is 0 Å². The highest BCUT2D eigenvalue weighted by molar-refractivity contribution is 5.84. The van der Waals surface area contributed by atoms with Crippen LogP contribution in [-0.4, -0.2) is 18.5 Å². The Hall–Kier alpha value is -1.35. The van der Waals surface area contributed by atoms with Gasteiger partial charge in [-0.2, -0.15) is 0 Å². The molecule has 1 aliphatic rings. The van der Waals surface area contributed by atoms with Gasteiger partial charge in [0.05, 0.1) is 5.92 Å². The van der Waals surface area contributed by atoms with Crippen LogP contribution in [0.5, 0.6) is 0 Å². The van der Waals surface area contributed by atoms with Crippen LogP contribution in [0.15, 0.2) is 30.3 Å². The summed E-state index contributed by atoms with van der Waals surface area (Å²) in [5.74, 6) is 0.984. The molecule has 0 bridgehead atoms. The molecule has 3 unspecified atom stereocenters. The van der Waals surface area contributed by atoms with E-state index >= 15 is 0 Å². The molecule has 1 aromatic carbocycles. The molecule has 0 aromatic heterocycles. The average Bonchev–Trinajstić information content (AvgIpc) is 3.30. The van der Waals surface area contributed by atoms with E-state index in [0.717, 1.165) is 12.0 Å². The van der Waals surface area contributed by atoms with E-state index in [4.69, 9.17) is 5.73 Å². The van der Waals surface area contributed by atoms with Gasteiger partial charge in [-0.1, -0.05) is 50.6 Å². The first-order chi connectivity index (χ1) is 9.63. The van der Waals surface area contributed by atoms with Crippen molar-refractivity contribution >= 4 is 5.91 Å². The highest BCUT2D eigenvalue weighted by atomic mass is 16.1. The molecule has 0 radical (unpaired) electrons. The van der Waals surface area contributed by atoms with Gasteiger partial charge in [0, 0.05) is 12.6 Å². The Morgan fingerprint density at radius 2 is 2.00 bits per heavy atom. The number of amides is 1. The van der Waals surface area contributed by atoms with Gasteiger partial charge < -0.3 is 11.1 Å². The molecule has 2 rings (SSSR count). The topological polar surface area (TPSA) is 55.1 Å². The molecule has 1 aliphatic carbocycles. The average molecular weight is 274 g/mol. The lowest BCUT2D eigenvalue weighted by molar-refractivity contribution is -0.123. The SMILES string of the molecule is CCC(C)C(C(=O)NCC(N)C1CC1)c1ccccc1. The normalized spacial score (nSPS) is 19.1. The Balaban J connectivity index is 2.00. The van der Waals surface area contributed by atoms with E-state index in [1.807, 2.05) is 30.3 Å². The van der Waals surface area contributed by atoms with Gasteiger partial charge in [-0.3, -0.25) is 4.79 Å². The van der Waals surface area contributed by atoms with Crippen LogP contribution in [0.1, 0.15) is 44.6 Å². The lowest BCUT2D eigenvalue weighted by atomic mass is 9.85. The first-order valence-electron chi connectivity index (χ1n) is 7.71. The van der Waals surface area contributed by atoms with Crippen molar-refractivity contribution in [2.24, 2.45) is 17.6 Å². The second kappa shape index (κ2) is 6.89. The predicted octanol–water partition coefficient (Wildman–Crippen LogP) is 2.67. The number of benzene rings is 1. The standard InChI is InChI=1S/C17H26N2O/c1-3-12(2)16(14-7-5-4-6-8-14)17(20)19-11-15(18)13-9-10-13/h4-8,12-13,15-16H,3,9-11,18H2,1-2H3,(H,19,20). The van der Waals surface area contributed by atoms with Crippen molar-refractivity contribution in [2.45, 2.75) is 45.1 Å². The maximum atomic E-state index is 12.5. The van der Waals surface area contributed by atoms with Crippen molar-refractivity contribution in [3.63, 3.8) is 0 Å². The third kappa shape index (κ3) is 3.83. The van der Waals surface area contributed by atoms with Gasteiger partial charge in [0.1, 0.15) is 0 Å². The fourth-order valence-electron chi connectivity index (χ4n) is 2.65. The molecule has 1 saturated carbocycles. The number of hydrogen-bond donors (Lipinski definition) is 2. The summed E-state index contributed by atoms with van der Waals surface area (Å²) < 4.78 is 0. The van der Waals surface area contributed by atoms with E-state index < -0.39 is 0 Å². The van der Waals surface area contributed by atoms with Gasteiger partial charge in [0.2, 0.25) is 5.91 Å². The molecule has 110 valence electrons. The minimum absolute atomic E-state index is 0.0763. The fraction of sp³-hybridized carbons (Fsp3) is 0.588. The lowest BCUT2D eigenvalue weighted by Crippen LogP contribution is -2.41. The van der Waals surface area contributed by atoms with E-state index in [9.17, 15) is 4.79 Å². The maximum absolute atomic E-state index is 12.5. The summed E-state index contributed by atoms with van der Waals surface area (Å²) in [6.07, 6.45) is 3.41. The highest BCUT2D eigenvalue weighted by Crippen LogP contribution is 2.31. The maximum Gasteiger partial charge on any atom is 0.227 e. The molecule has 0 spiro atoms. The van der Waals surface area contributed by atoms with Gasteiger partial charge >= 0.3 is 0 Å². The van der Waals surface area contributed by atoms with Crippen molar-refractivity contribution in [1.29, 1.82) is 0 Å². The zero-order valence-electron chi connectivity index (χ0n) is 12.5. The summed E-state index contributed by atoms with van der Waals surface area (Å²) in [5.41, 5.74) is 7.16. The van der Waals surface area contributed by atoms with Crippen LogP contribution in [0.25, 0.3) is 0 Å². The molecule has 20 heavy (non-hydrogen) atoms. The number of carbonyl (C=O) groups is 1. The summed E-state index contributed by atoms with van der Waals surface area (Å²) in [6, 6.07) is 10.2. The minimum atomic E-state index is -0.0763. The number of carbonyl (C=O) groups excluding carboxylic acids is 1. The molecule has 1 aromatic rings. The molecule has 3 heteroatoms. The quantitative estimate of drug-likeness (QED) is 0.803. The van der Waals surface area contributed by atoms with Gasteiger partial charge in [-0.15, -0.1) is 0 Å². The van der Waals surface area contributed by atoms with Crippen LogP contribution in [0, 0.1) is 11.8 Å². The molecule has 3 atom stereocenters. The first kappa shape index (κ1) is 15.0. The van der Waals surface area contributed by atoms with E-state index in [1.165, 1.54) is 12.8 Å². The molecule has 0 aliphatic heterocycles. The molecular weight excluding hydrogens is 248 g/mol. The Morgan fingerprint density at radius 3 is 2.55 bits per heavy atom. The molecule has 3 N–H and O–H groups in total. The number of nitrogens with two attached hydrogens (primary N) is 1. The largest absolute Gasteiger partial charge is 0.354 e. The van der Waals surface area contributed by atoms with Gasteiger partial charge in [-0.25, -0.2) is 0 Å². The number of nitrogens with one attached hydrogen (secondary N) is 1. The smallest absolute Gasteiger partial charge is 0.227 e. The van der Waals surface area contributed by atoms with Crippen LogP contribution in [0.2, 0.25) is 0 Å². The van der Waals surface area contributed by atoms with Crippen LogP contribution >= 0.6 is 0 Å². The van der Waals surface area contributed by atoms with Crippen molar-refractivity contribution < 1.29 is 4.79 Å². The summed E-state index contributed by atoms with van der Waals surface area (Å²) >= 11 is 0. The third-order valence-electron chi connectivity index (χ3n) is 4.39. The molecule has 1 fully saturated rings. The summed E-state index contributed by atoms with van der Waals surface area (Å²) in [4.78, 5) is 12.5. The molecular formula is C17H26N2O. The number of rotatable bonds is 7.